The van der Waals surface area contributed by atoms with E-state index in [2.05, 4.69) is 15.6 Å². The van der Waals surface area contributed by atoms with E-state index in [0.717, 1.165) is 28.6 Å². The Morgan fingerprint density at radius 1 is 1.00 bits per heavy atom. The highest BCUT2D eigenvalue weighted by Gasteiger charge is 2.17. The predicted molar refractivity (Wildman–Crippen MR) is 114 cm³/mol. The van der Waals surface area contributed by atoms with Gasteiger partial charge in [0.1, 0.15) is 5.75 Å². The van der Waals surface area contributed by atoms with Crippen LogP contribution in [0.25, 0.3) is 10.9 Å². The first-order valence-electron chi connectivity index (χ1n) is 9.63. The van der Waals surface area contributed by atoms with Gasteiger partial charge in [0.25, 0.3) is 11.8 Å². The summed E-state index contributed by atoms with van der Waals surface area (Å²) in [4.78, 5) is 29.8. The molecule has 29 heavy (non-hydrogen) atoms. The molecule has 0 radical (unpaired) electrons. The number of nitrogens with zero attached hydrogens (tertiary/aromatic N) is 1. The van der Waals surface area contributed by atoms with Crippen molar-refractivity contribution in [2.45, 2.75) is 20.3 Å². The Balaban J connectivity index is 1.65. The third-order valence-electron chi connectivity index (χ3n) is 4.83. The summed E-state index contributed by atoms with van der Waals surface area (Å²) in [5, 5.41) is 6.55. The molecule has 0 bridgehead atoms. The summed E-state index contributed by atoms with van der Waals surface area (Å²) in [5.41, 5.74) is 3.78. The van der Waals surface area contributed by atoms with Crippen molar-refractivity contribution < 1.29 is 14.3 Å². The zero-order valence-corrected chi connectivity index (χ0v) is 16.9. The van der Waals surface area contributed by atoms with Crippen LogP contribution < -0.4 is 15.4 Å². The van der Waals surface area contributed by atoms with Crippen molar-refractivity contribution in [1.29, 1.82) is 0 Å². The molecule has 2 N–H and O–H groups in total. The number of methoxy groups -OCH3 is 1. The molecule has 0 saturated heterocycles. The maximum Gasteiger partial charge on any atom is 0.252 e. The lowest BCUT2D eigenvalue weighted by atomic mass is 9.99. The molecule has 0 spiro atoms. The molecular formula is C23H25N3O3. The molecule has 0 saturated carbocycles. The average Bonchev–Trinajstić information content (AvgIpc) is 2.75. The van der Waals surface area contributed by atoms with E-state index in [-0.39, 0.29) is 11.8 Å². The Labute approximate surface area is 170 Å². The third kappa shape index (κ3) is 4.54. The molecule has 1 heterocycles. The monoisotopic (exact) mass is 391 g/mol. The van der Waals surface area contributed by atoms with Crippen molar-refractivity contribution in [2.24, 2.45) is 0 Å². The number of rotatable bonds is 7. The van der Waals surface area contributed by atoms with E-state index >= 15 is 0 Å². The number of aryl methyl sites for hydroxylation is 1. The van der Waals surface area contributed by atoms with Crippen LogP contribution in [-0.2, 0) is 6.42 Å². The second-order valence-corrected chi connectivity index (χ2v) is 6.67. The van der Waals surface area contributed by atoms with Crippen molar-refractivity contribution in [3.63, 3.8) is 0 Å². The first-order valence-corrected chi connectivity index (χ1v) is 9.63. The highest BCUT2D eigenvalue weighted by molar-refractivity contribution is 6.07. The van der Waals surface area contributed by atoms with E-state index in [0.29, 0.717) is 30.0 Å². The molecule has 0 aliphatic carbocycles. The summed E-state index contributed by atoms with van der Waals surface area (Å²) in [6.07, 6.45) is 0.757. The van der Waals surface area contributed by atoms with Crippen LogP contribution >= 0.6 is 0 Å². The number of amides is 2. The number of fused-ring (bicyclic) bond motifs is 1. The molecule has 3 rings (SSSR count). The molecule has 0 atom stereocenters. The summed E-state index contributed by atoms with van der Waals surface area (Å²) >= 11 is 0. The Hall–Kier alpha value is -3.41. The first-order chi connectivity index (χ1) is 14.0. The van der Waals surface area contributed by atoms with E-state index in [1.807, 2.05) is 38.1 Å². The van der Waals surface area contributed by atoms with Gasteiger partial charge in [-0.3, -0.25) is 14.6 Å². The van der Waals surface area contributed by atoms with Crippen LogP contribution in [0.1, 0.15) is 38.9 Å². The van der Waals surface area contributed by atoms with Gasteiger partial charge in [0.05, 0.1) is 18.2 Å². The SMILES string of the molecule is CCc1nc2ccccc2c(C(=O)NCCNC(=O)c2cccc(OC)c2)c1C. The number of benzene rings is 2. The fraction of sp³-hybridized carbons (Fsp3) is 0.261. The van der Waals surface area contributed by atoms with Crippen LogP contribution in [0, 0.1) is 6.92 Å². The van der Waals surface area contributed by atoms with Gasteiger partial charge in [-0.15, -0.1) is 0 Å². The maximum absolute atomic E-state index is 12.9. The molecule has 0 unspecified atom stereocenters. The zero-order chi connectivity index (χ0) is 20.8. The maximum atomic E-state index is 12.9. The number of aromatic nitrogens is 1. The fourth-order valence-corrected chi connectivity index (χ4v) is 3.30. The van der Waals surface area contributed by atoms with Gasteiger partial charge in [0, 0.05) is 29.7 Å². The molecule has 1 aromatic heterocycles. The van der Waals surface area contributed by atoms with Gasteiger partial charge in [0.2, 0.25) is 0 Å². The molecular weight excluding hydrogens is 366 g/mol. The number of hydrogen-bond donors (Lipinski definition) is 2. The van der Waals surface area contributed by atoms with E-state index in [4.69, 9.17) is 4.74 Å². The van der Waals surface area contributed by atoms with Gasteiger partial charge in [-0.05, 0) is 43.2 Å². The van der Waals surface area contributed by atoms with Gasteiger partial charge in [-0.2, -0.15) is 0 Å². The van der Waals surface area contributed by atoms with Crippen LogP contribution in [0.5, 0.6) is 5.75 Å². The number of carbonyl (C=O) groups is 2. The summed E-state index contributed by atoms with van der Waals surface area (Å²) < 4.78 is 5.13. The molecule has 6 nitrogen and oxygen atoms in total. The van der Waals surface area contributed by atoms with Crippen LogP contribution in [0.2, 0.25) is 0 Å². The van der Waals surface area contributed by atoms with Crippen molar-refractivity contribution in [2.75, 3.05) is 20.2 Å². The van der Waals surface area contributed by atoms with Crippen molar-refractivity contribution in [1.82, 2.24) is 15.6 Å². The molecule has 0 aliphatic heterocycles. The number of carbonyl (C=O) groups excluding carboxylic acids is 2. The van der Waals surface area contributed by atoms with Gasteiger partial charge in [0.15, 0.2) is 0 Å². The summed E-state index contributed by atoms with van der Waals surface area (Å²) in [7, 11) is 1.56. The molecule has 3 aromatic rings. The number of nitrogens with one attached hydrogen (secondary N) is 2. The fourth-order valence-electron chi connectivity index (χ4n) is 3.30. The van der Waals surface area contributed by atoms with Gasteiger partial charge >= 0.3 is 0 Å². The number of para-hydroxylation sites is 1. The van der Waals surface area contributed by atoms with Crippen molar-refractivity contribution >= 4 is 22.7 Å². The summed E-state index contributed by atoms with van der Waals surface area (Å²) in [6.45, 7) is 4.61. The summed E-state index contributed by atoms with van der Waals surface area (Å²) in [6, 6.07) is 14.6. The Bertz CT molecular complexity index is 1050. The van der Waals surface area contributed by atoms with Gasteiger partial charge in [-0.1, -0.05) is 31.2 Å². The van der Waals surface area contributed by atoms with E-state index < -0.39 is 0 Å². The number of ether oxygens (including phenoxy) is 1. The second-order valence-electron chi connectivity index (χ2n) is 6.67. The molecule has 2 amide bonds. The molecule has 150 valence electrons. The Morgan fingerprint density at radius 3 is 2.45 bits per heavy atom. The van der Waals surface area contributed by atoms with E-state index in [1.54, 1.807) is 31.4 Å². The Morgan fingerprint density at radius 2 is 1.72 bits per heavy atom. The number of pyridine rings is 1. The Kier molecular flexibility index (Phi) is 6.44. The lowest BCUT2D eigenvalue weighted by Gasteiger charge is -2.14. The van der Waals surface area contributed by atoms with E-state index in [1.165, 1.54) is 0 Å². The average molecular weight is 391 g/mol. The minimum atomic E-state index is -0.211. The second kappa shape index (κ2) is 9.19. The largest absolute Gasteiger partial charge is 0.497 e. The highest BCUT2D eigenvalue weighted by atomic mass is 16.5. The predicted octanol–water partition coefficient (Wildman–Crippen LogP) is 3.27. The lowest BCUT2D eigenvalue weighted by molar-refractivity contribution is 0.0928. The van der Waals surface area contributed by atoms with Crippen LogP contribution in [-0.4, -0.2) is 37.0 Å². The lowest BCUT2D eigenvalue weighted by Crippen LogP contribution is -2.35. The minimum Gasteiger partial charge on any atom is -0.497 e. The topological polar surface area (TPSA) is 80.3 Å². The molecule has 6 heteroatoms. The number of hydrogen-bond acceptors (Lipinski definition) is 4. The summed E-state index contributed by atoms with van der Waals surface area (Å²) in [5.74, 6) is 0.251. The van der Waals surface area contributed by atoms with Crippen LogP contribution in [0.3, 0.4) is 0 Å². The smallest absolute Gasteiger partial charge is 0.252 e. The van der Waals surface area contributed by atoms with Crippen molar-refractivity contribution in [3.8, 4) is 5.75 Å². The highest BCUT2D eigenvalue weighted by Crippen LogP contribution is 2.23. The van der Waals surface area contributed by atoms with E-state index in [9.17, 15) is 9.59 Å². The van der Waals surface area contributed by atoms with Crippen molar-refractivity contribution in [3.05, 3.63) is 70.9 Å². The molecule has 0 fully saturated rings. The van der Waals surface area contributed by atoms with Gasteiger partial charge in [-0.25, -0.2) is 0 Å². The molecule has 0 aliphatic rings. The first kappa shape index (κ1) is 20.3. The standard InChI is InChI=1S/C23H25N3O3/c1-4-19-15(2)21(18-10-5-6-11-20(18)26-19)23(28)25-13-12-24-22(27)16-8-7-9-17(14-16)29-3/h5-11,14H,4,12-13H2,1-3H3,(H,24,27)(H,25,28). The van der Waals surface area contributed by atoms with Gasteiger partial charge < -0.3 is 15.4 Å². The normalized spacial score (nSPS) is 10.6. The quantitative estimate of drug-likeness (QED) is 0.606. The zero-order valence-electron chi connectivity index (χ0n) is 16.9. The van der Waals surface area contributed by atoms with Crippen LogP contribution in [0.15, 0.2) is 48.5 Å². The third-order valence-corrected chi connectivity index (χ3v) is 4.83. The molecule has 2 aromatic carbocycles. The minimum absolute atomic E-state index is 0.161. The van der Waals surface area contributed by atoms with Crippen LogP contribution in [0.4, 0.5) is 0 Å².